The van der Waals surface area contributed by atoms with Crippen LogP contribution in [0.5, 0.6) is 0 Å². The van der Waals surface area contributed by atoms with Crippen LogP contribution in [0.15, 0.2) is 36.7 Å². The summed E-state index contributed by atoms with van der Waals surface area (Å²) in [6, 6.07) is 7.58. The molecule has 0 spiro atoms. The van der Waals surface area contributed by atoms with Crippen LogP contribution in [-0.2, 0) is 11.3 Å². The molecule has 0 unspecified atom stereocenters. The molecule has 0 bridgehead atoms. The van der Waals surface area contributed by atoms with Crippen molar-refractivity contribution in [3.63, 3.8) is 0 Å². The molecule has 156 valence electrons. The van der Waals surface area contributed by atoms with E-state index in [4.69, 9.17) is 16.3 Å². The van der Waals surface area contributed by atoms with Crippen molar-refractivity contribution >= 4 is 23.6 Å². The van der Waals surface area contributed by atoms with Gasteiger partial charge in [-0.15, -0.1) is 0 Å². The molecular formula is C21H27ClN4O3. The molecule has 3 rings (SSSR count). The molecular weight excluding hydrogens is 392 g/mol. The van der Waals surface area contributed by atoms with Gasteiger partial charge < -0.3 is 15.0 Å². The minimum absolute atomic E-state index is 0.0214. The van der Waals surface area contributed by atoms with Gasteiger partial charge in [0.05, 0.1) is 18.3 Å². The summed E-state index contributed by atoms with van der Waals surface area (Å²) in [5.41, 5.74) is 0.942. The zero-order valence-electron chi connectivity index (χ0n) is 17.0. The topological polar surface area (TPSA) is 76.5 Å². The van der Waals surface area contributed by atoms with Crippen molar-refractivity contribution < 1.29 is 14.3 Å². The second-order valence-corrected chi connectivity index (χ2v) is 8.64. The molecule has 0 radical (unpaired) electrons. The summed E-state index contributed by atoms with van der Waals surface area (Å²) in [5, 5.41) is 7.97. The summed E-state index contributed by atoms with van der Waals surface area (Å²) >= 11 is 6.18. The SMILES string of the molecule is CC(C)(C)OC(=O)N1CCC(NC(=O)c2cnn(Cc3ccccc3Cl)c2)CC1. The Bertz CT molecular complexity index is 867. The van der Waals surface area contributed by atoms with E-state index in [0.29, 0.717) is 43.1 Å². The van der Waals surface area contributed by atoms with Crippen LogP contribution in [0.2, 0.25) is 5.02 Å². The molecule has 2 heterocycles. The van der Waals surface area contributed by atoms with E-state index >= 15 is 0 Å². The normalized spacial score (nSPS) is 15.2. The summed E-state index contributed by atoms with van der Waals surface area (Å²) in [7, 11) is 0. The first-order chi connectivity index (χ1) is 13.7. The number of nitrogens with zero attached hydrogens (tertiary/aromatic N) is 3. The van der Waals surface area contributed by atoms with Gasteiger partial charge >= 0.3 is 6.09 Å². The van der Waals surface area contributed by atoms with Gasteiger partial charge in [0.15, 0.2) is 0 Å². The van der Waals surface area contributed by atoms with E-state index in [-0.39, 0.29) is 18.0 Å². The Kier molecular flexibility index (Phi) is 6.47. The van der Waals surface area contributed by atoms with Gasteiger partial charge in [-0.3, -0.25) is 9.48 Å². The van der Waals surface area contributed by atoms with Crippen molar-refractivity contribution in [3.8, 4) is 0 Å². The van der Waals surface area contributed by atoms with Crippen LogP contribution in [0, 0.1) is 0 Å². The van der Waals surface area contributed by atoms with Crippen molar-refractivity contribution in [2.75, 3.05) is 13.1 Å². The number of halogens is 1. The van der Waals surface area contributed by atoms with Crippen molar-refractivity contribution in [2.24, 2.45) is 0 Å². The molecule has 2 aromatic rings. The minimum Gasteiger partial charge on any atom is -0.444 e. The van der Waals surface area contributed by atoms with Crippen LogP contribution in [0.3, 0.4) is 0 Å². The maximum atomic E-state index is 12.6. The highest BCUT2D eigenvalue weighted by molar-refractivity contribution is 6.31. The molecule has 1 aromatic carbocycles. The summed E-state index contributed by atoms with van der Waals surface area (Å²) < 4.78 is 7.10. The number of benzene rings is 1. The van der Waals surface area contributed by atoms with Gasteiger partial charge in [0.1, 0.15) is 5.60 Å². The van der Waals surface area contributed by atoms with Gasteiger partial charge in [0, 0.05) is 30.4 Å². The quantitative estimate of drug-likeness (QED) is 0.821. The van der Waals surface area contributed by atoms with E-state index in [1.165, 1.54) is 0 Å². The average Bonchev–Trinajstić information content (AvgIpc) is 3.11. The van der Waals surface area contributed by atoms with Gasteiger partial charge in [-0.05, 0) is 45.2 Å². The number of likely N-dealkylation sites (tertiary alicyclic amines) is 1. The number of amides is 2. The molecule has 1 aliphatic heterocycles. The number of hydrogen-bond donors (Lipinski definition) is 1. The third kappa shape index (κ3) is 5.97. The van der Waals surface area contributed by atoms with E-state index in [9.17, 15) is 9.59 Å². The second-order valence-electron chi connectivity index (χ2n) is 8.23. The Balaban J connectivity index is 1.50. The first kappa shape index (κ1) is 21.2. The molecule has 29 heavy (non-hydrogen) atoms. The van der Waals surface area contributed by atoms with Crippen molar-refractivity contribution in [3.05, 3.63) is 52.8 Å². The Morgan fingerprint density at radius 1 is 1.24 bits per heavy atom. The highest BCUT2D eigenvalue weighted by Gasteiger charge is 2.27. The second kappa shape index (κ2) is 8.86. The maximum Gasteiger partial charge on any atom is 0.410 e. The van der Waals surface area contributed by atoms with E-state index < -0.39 is 5.60 Å². The molecule has 1 fully saturated rings. The van der Waals surface area contributed by atoms with E-state index in [2.05, 4.69) is 10.4 Å². The number of aromatic nitrogens is 2. The van der Waals surface area contributed by atoms with Gasteiger partial charge in [0.2, 0.25) is 0 Å². The third-order valence-corrected chi connectivity index (χ3v) is 5.04. The van der Waals surface area contributed by atoms with Gasteiger partial charge in [-0.1, -0.05) is 29.8 Å². The van der Waals surface area contributed by atoms with Crippen LogP contribution in [0.4, 0.5) is 4.79 Å². The lowest BCUT2D eigenvalue weighted by Gasteiger charge is -2.33. The molecule has 0 saturated carbocycles. The van der Waals surface area contributed by atoms with Gasteiger partial charge in [0.25, 0.3) is 5.91 Å². The molecule has 8 heteroatoms. The monoisotopic (exact) mass is 418 g/mol. The Labute approximate surface area is 176 Å². The van der Waals surface area contributed by atoms with E-state index in [0.717, 1.165) is 5.56 Å². The van der Waals surface area contributed by atoms with Gasteiger partial charge in [-0.25, -0.2) is 4.79 Å². The molecule has 0 atom stereocenters. The fourth-order valence-corrected chi connectivity index (χ4v) is 3.37. The number of carbonyl (C=O) groups excluding carboxylic acids is 2. The van der Waals surface area contributed by atoms with E-state index in [1.807, 2.05) is 45.0 Å². The fourth-order valence-electron chi connectivity index (χ4n) is 3.17. The number of rotatable bonds is 4. The molecule has 2 amide bonds. The Hall–Kier alpha value is -2.54. The predicted octanol–water partition coefficient (Wildman–Crippen LogP) is 3.71. The molecule has 0 aliphatic carbocycles. The van der Waals surface area contributed by atoms with Gasteiger partial charge in [-0.2, -0.15) is 5.10 Å². The van der Waals surface area contributed by atoms with Crippen molar-refractivity contribution in [2.45, 2.75) is 51.8 Å². The Morgan fingerprint density at radius 3 is 2.59 bits per heavy atom. The van der Waals surface area contributed by atoms with Crippen LogP contribution >= 0.6 is 11.6 Å². The highest BCUT2D eigenvalue weighted by atomic mass is 35.5. The number of hydrogen-bond acceptors (Lipinski definition) is 4. The molecule has 1 aromatic heterocycles. The minimum atomic E-state index is -0.508. The summed E-state index contributed by atoms with van der Waals surface area (Å²) in [6.07, 6.45) is 4.36. The maximum absolute atomic E-state index is 12.6. The third-order valence-electron chi connectivity index (χ3n) is 4.67. The number of carbonyl (C=O) groups is 2. The standard InChI is InChI=1S/C21H27ClN4O3/c1-21(2,3)29-20(28)25-10-8-17(9-11-25)24-19(27)16-12-23-26(14-16)13-15-6-4-5-7-18(15)22/h4-7,12,14,17H,8-11,13H2,1-3H3,(H,24,27). The molecule has 1 saturated heterocycles. The predicted molar refractivity (Wildman–Crippen MR) is 111 cm³/mol. The lowest BCUT2D eigenvalue weighted by molar-refractivity contribution is 0.0199. The lowest BCUT2D eigenvalue weighted by Crippen LogP contribution is -2.47. The Morgan fingerprint density at radius 2 is 1.93 bits per heavy atom. The van der Waals surface area contributed by atoms with Crippen molar-refractivity contribution in [1.29, 1.82) is 0 Å². The lowest BCUT2D eigenvalue weighted by atomic mass is 10.1. The number of ether oxygens (including phenoxy) is 1. The first-order valence-corrected chi connectivity index (χ1v) is 10.1. The summed E-state index contributed by atoms with van der Waals surface area (Å²) in [4.78, 5) is 26.4. The van der Waals surface area contributed by atoms with Crippen LogP contribution in [0.1, 0.15) is 49.5 Å². The van der Waals surface area contributed by atoms with E-state index in [1.54, 1.807) is 22.0 Å². The van der Waals surface area contributed by atoms with Crippen LogP contribution in [-0.4, -0.2) is 51.4 Å². The van der Waals surface area contributed by atoms with Crippen molar-refractivity contribution in [1.82, 2.24) is 20.0 Å². The molecule has 7 nitrogen and oxygen atoms in total. The number of piperidine rings is 1. The van der Waals surface area contributed by atoms with Crippen LogP contribution < -0.4 is 5.32 Å². The highest BCUT2D eigenvalue weighted by Crippen LogP contribution is 2.17. The van der Waals surface area contributed by atoms with Crippen LogP contribution in [0.25, 0.3) is 0 Å². The smallest absolute Gasteiger partial charge is 0.410 e. The zero-order valence-corrected chi connectivity index (χ0v) is 17.8. The molecule has 1 N–H and O–H groups in total. The summed E-state index contributed by atoms with van der Waals surface area (Å²) in [5.74, 6) is -0.161. The first-order valence-electron chi connectivity index (χ1n) is 9.76. The largest absolute Gasteiger partial charge is 0.444 e. The summed E-state index contributed by atoms with van der Waals surface area (Å²) in [6.45, 7) is 7.18. The average molecular weight is 419 g/mol. The zero-order chi connectivity index (χ0) is 21.0. The molecule has 1 aliphatic rings. The number of nitrogens with one attached hydrogen (secondary N) is 1. The fraction of sp³-hybridized carbons (Fsp3) is 0.476.